The van der Waals surface area contributed by atoms with E-state index in [1.54, 1.807) is 0 Å². The molecule has 5 aliphatic rings. The molecule has 39 heavy (non-hydrogen) atoms. The molecule has 1 aromatic carbocycles. The third kappa shape index (κ3) is 3.74. The molecule has 0 bridgehead atoms. The summed E-state index contributed by atoms with van der Waals surface area (Å²) >= 11 is 0. The van der Waals surface area contributed by atoms with Crippen LogP contribution in [0, 0.1) is 56.7 Å². The molecule has 5 fully saturated rings. The summed E-state index contributed by atoms with van der Waals surface area (Å²) in [5, 5.41) is 0. The van der Waals surface area contributed by atoms with Crippen molar-refractivity contribution in [1.82, 2.24) is 0 Å². The van der Waals surface area contributed by atoms with Gasteiger partial charge in [-0.3, -0.25) is 0 Å². The molecule has 214 valence electrons. The Morgan fingerprint density at radius 1 is 0.795 bits per heavy atom. The minimum Gasteiger partial charge on any atom is -0.458 e. The summed E-state index contributed by atoms with van der Waals surface area (Å²) in [6.07, 6.45) is 13.1. The molecule has 0 unspecified atom stereocenters. The number of hydrogen-bond acceptors (Lipinski definition) is 2. The smallest absolute Gasteiger partial charge is 0.338 e. The molecule has 10 atom stereocenters. The van der Waals surface area contributed by atoms with Gasteiger partial charge in [-0.05, 0) is 135 Å². The van der Waals surface area contributed by atoms with Gasteiger partial charge in [-0.15, -0.1) is 0 Å². The number of fused-ring (bicyclic) bond motifs is 7. The first-order valence-electron chi connectivity index (χ1n) is 16.2. The van der Waals surface area contributed by atoms with Crippen LogP contribution >= 0.6 is 0 Å². The summed E-state index contributed by atoms with van der Waals surface area (Å²) in [5.74, 6) is 3.57. The van der Waals surface area contributed by atoms with Crippen molar-refractivity contribution in [2.45, 2.75) is 119 Å². The van der Waals surface area contributed by atoms with Gasteiger partial charge in [0.1, 0.15) is 6.10 Å². The monoisotopic (exact) mass is 530 g/mol. The fourth-order valence-corrected chi connectivity index (χ4v) is 12.4. The SMILES string of the molecule is C=C(C)[C@H]1CC[C@@]2(C)CC[C@@]3(C)[C@@H](CC[C@@H]4[C@]5(C)CC[C@H](OC(=O)c6ccccc6)C(C)(C)[C@@H]5CC[C@@]43C)[C@H]12. The van der Waals surface area contributed by atoms with E-state index in [9.17, 15) is 4.79 Å². The highest BCUT2D eigenvalue weighted by molar-refractivity contribution is 5.89. The van der Waals surface area contributed by atoms with Gasteiger partial charge in [0.15, 0.2) is 0 Å². The van der Waals surface area contributed by atoms with Crippen molar-refractivity contribution in [2.24, 2.45) is 56.7 Å². The average molecular weight is 531 g/mol. The Hall–Kier alpha value is -1.57. The summed E-state index contributed by atoms with van der Waals surface area (Å²) in [6, 6.07) is 9.57. The largest absolute Gasteiger partial charge is 0.458 e. The molecule has 5 aliphatic carbocycles. The predicted octanol–water partition coefficient (Wildman–Crippen LogP) is 9.89. The molecule has 0 N–H and O–H groups in total. The number of hydrogen-bond donors (Lipinski definition) is 0. The summed E-state index contributed by atoms with van der Waals surface area (Å²) in [5.41, 5.74) is 3.72. The minimum atomic E-state index is -0.153. The maximum Gasteiger partial charge on any atom is 0.338 e. The maximum atomic E-state index is 13.1. The molecule has 2 heteroatoms. The molecule has 2 nitrogen and oxygen atoms in total. The second-order valence-corrected chi connectivity index (χ2v) is 16.5. The maximum absolute atomic E-state index is 13.1. The highest BCUT2D eigenvalue weighted by atomic mass is 16.5. The topological polar surface area (TPSA) is 26.3 Å². The van der Waals surface area contributed by atoms with E-state index in [4.69, 9.17) is 4.74 Å². The van der Waals surface area contributed by atoms with Crippen molar-refractivity contribution in [3.8, 4) is 0 Å². The molecular formula is C37H54O2. The zero-order valence-electron chi connectivity index (χ0n) is 25.9. The Morgan fingerprint density at radius 3 is 2.21 bits per heavy atom. The molecule has 0 aromatic heterocycles. The van der Waals surface area contributed by atoms with Crippen LogP contribution in [-0.4, -0.2) is 12.1 Å². The summed E-state index contributed by atoms with van der Waals surface area (Å²) in [7, 11) is 0. The third-order valence-corrected chi connectivity index (χ3v) is 14.7. The number of esters is 1. The fourth-order valence-electron chi connectivity index (χ4n) is 12.4. The lowest BCUT2D eigenvalue weighted by Crippen LogP contribution is -2.66. The quantitative estimate of drug-likeness (QED) is 0.287. The zero-order chi connectivity index (χ0) is 28.0. The van der Waals surface area contributed by atoms with Crippen molar-refractivity contribution in [1.29, 1.82) is 0 Å². The molecule has 0 heterocycles. The van der Waals surface area contributed by atoms with Gasteiger partial charge in [0.2, 0.25) is 0 Å². The van der Waals surface area contributed by atoms with Gasteiger partial charge in [-0.1, -0.05) is 71.9 Å². The number of ether oxygens (including phenoxy) is 1. The number of carbonyl (C=O) groups excluding carboxylic acids is 1. The minimum absolute atomic E-state index is 0.00948. The molecule has 0 saturated heterocycles. The second-order valence-electron chi connectivity index (χ2n) is 16.5. The standard InChI is InChI=1S/C37H54O2/c1-24(2)26-16-19-34(5)22-23-36(7)27(31(26)34)14-15-29-35(6)20-18-30(39-32(38)25-12-10-9-11-13-25)33(3,4)28(35)17-21-37(29,36)8/h9-13,26-31H,1,14-23H2,2-8H3/t26-,27+,28+,29-,30+,31+,34+,35-,36+,37+/m1/s1. The van der Waals surface area contributed by atoms with E-state index >= 15 is 0 Å². The van der Waals surface area contributed by atoms with Crippen LogP contribution in [0.5, 0.6) is 0 Å². The molecule has 0 spiro atoms. The lowest BCUT2D eigenvalue weighted by Gasteiger charge is -2.73. The van der Waals surface area contributed by atoms with Crippen LogP contribution in [0.1, 0.15) is 123 Å². The van der Waals surface area contributed by atoms with Gasteiger partial charge in [0, 0.05) is 5.41 Å². The lowest BCUT2D eigenvalue weighted by atomic mass is 9.32. The van der Waals surface area contributed by atoms with Crippen LogP contribution in [0.15, 0.2) is 42.5 Å². The van der Waals surface area contributed by atoms with E-state index in [0.717, 1.165) is 30.1 Å². The van der Waals surface area contributed by atoms with Gasteiger partial charge in [0.05, 0.1) is 5.56 Å². The van der Waals surface area contributed by atoms with Crippen LogP contribution in [-0.2, 0) is 4.74 Å². The second kappa shape index (κ2) is 8.96. The van der Waals surface area contributed by atoms with Gasteiger partial charge in [0.25, 0.3) is 0 Å². The van der Waals surface area contributed by atoms with E-state index < -0.39 is 0 Å². The number of allylic oxidation sites excluding steroid dienone is 1. The molecule has 1 aromatic rings. The van der Waals surface area contributed by atoms with Crippen LogP contribution in [0.25, 0.3) is 0 Å². The van der Waals surface area contributed by atoms with Crippen molar-refractivity contribution in [3.05, 3.63) is 48.0 Å². The van der Waals surface area contributed by atoms with E-state index in [2.05, 4.69) is 55.0 Å². The normalized spacial score (nSPS) is 48.2. The zero-order valence-corrected chi connectivity index (χ0v) is 25.9. The first-order chi connectivity index (χ1) is 18.3. The van der Waals surface area contributed by atoms with E-state index in [1.165, 1.54) is 63.4 Å². The fraction of sp³-hybridized carbons (Fsp3) is 0.757. The van der Waals surface area contributed by atoms with E-state index in [0.29, 0.717) is 33.1 Å². The van der Waals surface area contributed by atoms with Crippen molar-refractivity contribution < 1.29 is 9.53 Å². The predicted molar refractivity (Wildman–Crippen MR) is 160 cm³/mol. The first kappa shape index (κ1) is 27.6. The number of rotatable bonds is 3. The number of benzene rings is 1. The highest BCUT2D eigenvalue weighted by Crippen LogP contribution is 2.77. The Morgan fingerprint density at radius 2 is 1.51 bits per heavy atom. The summed E-state index contributed by atoms with van der Waals surface area (Å²) < 4.78 is 6.30. The first-order valence-corrected chi connectivity index (χ1v) is 16.2. The summed E-state index contributed by atoms with van der Waals surface area (Å²) in [4.78, 5) is 13.1. The van der Waals surface area contributed by atoms with Crippen LogP contribution in [0.2, 0.25) is 0 Å². The average Bonchev–Trinajstić information content (AvgIpc) is 3.24. The van der Waals surface area contributed by atoms with Crippen LogP contribution in [0.3, 0.4) is 0 Å². The van der Waals surface area contributed by atoms with E-state index in [1.807, 2.05) is 30.3 Å². The molecule has 6 rings (SSSR count). The van der Waals surface area contributed by atoms with Crippen LogP contribution in [0.4, 0.5) is 0 Å². The van der Waals surface area contributed by atoms with Gasteiger partial charge < -0.3 is 4.74 Å². The molecule has 0 amide bonds. The van der Waals surface area contributed by atoms with Crippen molar-refractivity contribution >= 4 is 5.97 Å². The molecule has 0 radical (unpaired) electrons. The lowest BCUT2D eigenvalue weighted by molar-refractivity contribution is -0.246. The molecule has 0 aliphatic heterocycles. The molecular weight excluding hydrogens is 476 g/mol. The van der Waals surface area contributed by atoms with Gasteiger partial charge in [-0.25, -0.2) is 4.79 Å². The number of carbonyl (C=O) groups is 1. The van der Waals surface area contributed by atoms with Crippen molar-refractivity contribution in [3.63, 3.8) is 0 Å². The Bertz CT molecular complexity index is 1140. The van der Waals surface area contributed by atoms with Gasteiger partial charge in [-0.2, -0.15) is 0 Å². The molecule has 5 saturated carbocycles. The summed E-state index contributed by atoms with van der Waals surface area (Å²) in [6.45, 7) is 22.4. The Balaban J connectivity index is 1.28. The Kier molecular flexibility index (Phi) is 6.34. The van der Waals surface area contributed by atoms with E-state index in [-0.39, 0.29) is 17.5 Å². The Labute approximate surface area is 238 Å². The highest BCUT2D eigenvalue weighted by Gasteiger charge is 2.70. The van der Waals surface area contributed by atoms with Gasteiger partial charge >= 0.3 is 5.97 Å². The van der Waals surface area contributed by atoms with Crippen molar-refractivity contribution in [2.75, 3.05) is 0 Å². The third-order valence-electron chi connectivity index (χ3n) is 14.7. The van der Waals surface area contributed by atoms with Crippen LogP contribution < -0.4 is 0 Å².